The fourth-order valence-electron chi connectivity index (χ4n) is 2.07. The minimum Gasteiger partial charge on any atom is -0.350 e. The molecule has 1 fully saturated rings. The van der Waals surface area contributed by atoms with Gasteiger partial charge in [0.25, 0.3) is 5.95 Å². The average molecular weight is 310 g/mol. The third-order valence-corrected chi connectivity index (χ3v) is 4.80. The number of nitrogens with zero attached hydrogens (tertiary/aromatic N) is 5. The van der Waals surface area contributed by atoms with Gasteiger partial charge < -0.3 is 5.32 Å². The number of nitrogens with two attached hydrogens (primary N) is 1. The molecule has 0 aromatic carbocycles. The fourth-order valence-corrected chi connectivity index (χ4v) is 3.75. The van der Waals surface area contributed by atoms with Crippen molar-refractivity contribution in [3.63, 3.8) is 0 Å². The lowest BCUT2D eigenvalue weighted by atomic mass is 10.3. The van der Waals surface area contributed by atoms with E-state index >= 15 is 0 Å². The maximum absolute atomic E-state index is 11.5. The molecule has 2 aromatic rings. The molecule has 21 heavy (non-hydrogen) atoms. The van der Waals surface area contributed by atoms with E-state index in [1.54, 1.807) is 18.5 Å². The van der Waals surface area contributed by atoms with E-state index in [2.05, 4.69) is 30.8 Å². The van der Waals surface area contributed by atoms with E-state index < -0.39 is 9.84 Å². The van der Waals surface area contributed by atoms with E-state index in [0.29, 0.717) is 6.42 Å². The second-order valence-corrected chi connectivity index (χ2v) is 6.85. The van der Waals surface area contributed by atoms with Crippen LogP contribution in [-0.4, -0.2) is 50.7 Å². The summed E-state index contributed by atoms with van der Waals surface area (Å²) in [7, 11) is -2.98. The molecule has 3 heterocycles. The molecule has 0 spiro atoms. The summed E-state index contributed by atoms with van der Waals surface area (Å²) in [6.07, 6.45) is 3.80. The highest BCUT2D eigenvalue weighted by Crippen LogP contribution is 2.16. The lowest BCUT2D eigenvalue weighted by Gasteiger charge is -2.12. The van der Waals surface area contributed by atoms with E-state index in [-0.39, 0.29) is 35.4 Å². The van der Waals surface area contributed by atoms with Gasteiger partial charge in [0.1, 0.15) is 0 Å². The second-order valence-electron chi connectivity index (χ2n) is 4.62. The van der Waals surface area contributed by atoms with Gasteiger partial charge in [-0.2, -0.15) is 20.1 Å². The standard InChI is InChI=1S/C10H14N8O2S/c11-17-9-14-8(13-7-2-5-21(19,20)6-7)15-10(16-9)18-4-1-3-12-18/h1,3-4,7H,2,5-6,11H2,(H2,13,14,15,16,17). The zero-order valence-corrected chi connectivity index (χ0v) is 11.8. The van der Waals surface area contributed by atoms with Gasteiger partial charge in [0.15, 0.2) is 9.84 Å². The van der Waals surface area contributed by atoms with Gasteiger partial charge in [-0.05, 0) is 12.5 Å². The number of nitrogens with one attached hydrogen (secondary N) is 2. The summed E-state index contributed by atoms with van der Waals surface area (Å²) < 4.78 is 24.4. The van der Waals surface area contributed by atoms with Crippen molar-refractivity contribution in [1.82, 2.24) is 24.7 Å². The van der Waals surface area contributed by atoms with E-state index in [0.717, 1.165) is 0 Å². The Morgan fingerprint density at radius 2 is 2.10 bits per heavy atom. The quantitative estimate of drug-likeness (QED) is 0.476. The van der Waals surface area contributed by atoms with Crippen molar-refractivity contribution in [2.45, 2.75) is 12.5 Å². The molecule has 11 heteroatoms. The molecule has 2 aromatic heterocycles. The first-order valence-electron chi connectivity index (χ1n) is 6.25. The van der Waals surface area contributed by atoms with Crippen LogP contribution < -0.4 is 16.6 Å². The normalized spacial score (nSPS) is 20.3. The largest absolute Gasteiger partial charge is 0.350 e. The van der Waals surface area contributed by atoms with E-state index in [1.807, 2.05) is 0 Å². The number of hydrogen-bond acceptors (Lipinski definition) is 9. The van der Waals surface area contributed by atoms with Gasteiger partial charge in [0, 0.05) is 18.4 Å². The predicted molar refractivity (Wildman–Crippen MR) is 75.4 cm³/mol. The molecule has 0 saturated carbocycles. The zero-order valence-electron chi connectivity index (χ0n) is 11.0. The number of nitrogen functional groups attached to an aromatic ring is 1. The number of rotatable bonds is 4. The van der Waals surface area contributed by atoms with Crippen LogP contribution in [-0.2, 0) is 9.84 Å². The maximum Gasteiger partial charge on any atom is 0.257 e. The summed E-state index contributed by atoms with van der Waals surface area (Å²) in [5, 5.41) is 7.03. The van der Waals surface area contributed by atoms with E-state index in [1.165, 1.54) is 4.68 Å². The molecule has 1 unspecified atom stereocenters. The van der Waals surface area contributed by atoms with Crippen molar-refractivity contribution in [2.75, 3.05) is 22.2 Å². The van der Waals surface area contributed by atoms with E-state index in [9.17, 15) is 8.42 Å². The highest BCUT2D eigenvalue weighted by Gasteiger charge is 2.28. The van der Waals surface area contributed by atoms with Gasteiger partial charge in [-0.3, -0.25) is 5.43 Å². The predicted octanol–water partition coefficient (Wildman–Crippen LogP) is -1.06. The SMILES string of the molecule is NNc1nc(NC2CCS(=O)(=O)C2)nc(-n2cccn2)n1. The fraction of sp³-hybridized carbons (Fsp3) is 0.400. The van der Waals surface area contributed by atoms with Gasteiger partial charge in [-0.15, -0.1) is 0 Å². The van der Waals surface area contributed by atoms with Crippen LogP contribution in [0.5, 0.6) is 0 Å². The first-order valence-corrected chi connectivity index (χ1v) is 8.07. The van der Waals surface area contributed by atoms with Crippen molar-refractivity contribution in [2.24, 2.45) is 5.84 Å². The topological polar surface area (TPSA) is 141 Å². The van der Waals surface area contributed by atoms with Gasteiger partial charge in [-0.25, -0.2) is 18.9 Å². The Morgan fingerprint density at radius 3 is 2.71 bits per heavy atom. The minimum absolute atomic E-state index is 0.0706. The van der Waals surface area contributed by atoms with Crippen LogP contribution in [0, 0.1) is 0 Å². The summed E-state index contributed by atoms with van der Waals surface area (Å²) >= 11 is 0. The molecule has 0 radical (unpaired) electrons. The Balaban J connectivity index is 1.86. The van der Waals surface area contributed by atoms with Crippen molar-refractivity contribution in [3.8, 4) is 5.95 Å². The zero-order chi connectivity index (χ0) is 14.9. The van der Waals surface area contributed by atoms with Crippen LogP contribution in [0.1, 0.15) is 6.42 Å². The van der Waals surface area contributed by atoms with Gasteiger partial charge in [0.05, 0.1) is 11.5 Å². The van der Waals surface area contributed by atoms with Gasteiger partial charge in [0.2, 0.25) is 11.9 Å². The molecule has 3 rings (SSSR count). The number of aromatic nitrogens is 5. The first kappa shape index (κ1) is 13.7. The summed E-state index contributed by atoms with van der Waals surface area (Å²) in [5.74, 6) is 6.28. The van der Waals surface area contributed by atoms with Crippen molar-refractivity contribution in [3.05, 3.63) is 18.5 Å². The van der Waals surface area contributed by atoms with Gasteiger partial charge in [-0.1, -0.05) is 0 Å². The van der Waals surface area contributed by atoms with Crippen molar-refractivity contribution in [1.29, 1.82) is 0 Å². The molecule has 10 nitrogen and oxygen atoms in total. The average Bonchev–Trinajstić information content (AvgIpc) is 3.08. The van der Waals surface area contributed by atoms with Gasteiger partial charge >= 0.3 is 0 Å². The van der Waals surface area contributed by atoms with Crippen LogP contribution in [0.4, 0.5) is 11.9 Å². The van der Waals surface area contributed by atoms with Crippen molar-refractivity contribution >= 4 is 21.7 Å². The van der Waals surface area contributed by atoms with Crippen molar-refractivity contribution < 1.29 is 8.42 Å². The Bertz CT molecular complexity index is 730. The molecule has 0 aliphatic carbocycles. The number of hydrazine groups is 1. The molecule has 1 aliphatic heterocycles. The summed E-state index contributed by atoms with van der Waals surface area (Å²) in [6, 6.07) is 1.52. The lowest BCUT2D eigenvalue weighted by Crippen LogP contribution is -2.23. The third-order valence-electron chi connectivity index (χ3n) is 3.03. The maximum atomic E-state index is 11.5. The highest BCUT2D eigenvalue weighted by molar-refractivity contribution is 7.91. The first-order chi connectivity index (χ1) is 10.1. The Hall–Kier alpha value is -2.27. The number of sulfone groups is 1. The van der Waals surface area contributed by atoms with Crippen LogP contribution >= 0.6 is 0 Å². The molecule has 4 N–H and O–H groups in total. The molecule has 1 saturated heterocycles. The number of hydrogen-bond donors (Lipinski definition) is 3. The van der Waals surface area contributed by atoms with Crippen LogP contribution in [0.15, 0.2) is 18.5 Å². The highest BCUT2D eigenvalue weighted by atomic mass is 32.2. The van der Waals surface area contributed by atoms with E-state index in [4.69, 9.17) is 5.84 Å². The smallest absolute Gasteiger partial charge is 0.257 e. The summed E-state index contributed by atoms with van der Waals surface area (Å²) in [4.78, 5) is 12.4. The molecule has 112 valence electrons. The number of anilines is 2. The van der Waals surface area contributed by atoms with Crippen LogP contribution in [0.3, 0.4) is 0 Å². The molecule has 0 amide bonds. The minimum atomic E-state index is -2.98. The molecule has 1 atom stereocenters. The third kappa shape index (κ3) is 3.08. The molecule has 1 aliphatic rings. The summed E-state index contributed by atoms with van der Waals surface area (Å²) in [6.45, 7) is 0. The lowest BCUT2D eigenvalue weighted by molar-refractivity contribution is 0.602. The molecular weight excluding hydrogens is 296 g/mol. The second kappa shape index (κ2) is 5.26. The monoisotopic (exact) mass is 310 g/mol. The Morgan fingerprint density at radius 1 is 1.29 bits per heavy atom. The summed E-state index contributed by atoms with van der Waals surface area (Å²) in [5.41, 5.74) is 2.35. The van der Waals surface area contributed by atoms with Crippen LogP contribution in [0.2, 0.25) is 0 Å². The van der Waals surface area contributed by atoms with Crippen LogP contribution in [0.25, 0.3) is 5.95 Å². The Kier molecular flexibility index (Phi) is 3.43. The molecular formula is C10H14N8O2S. The molecule has 0 bridgehead atoms. The Labute approximate surface area is 120 Å².